The van der Waals surface area contributed by atoms with Crippen LogP contribution in [0.15, 0.2) is 24.4 Å². The van der Waals surface area contributed by atoms with Crippen LogP contribution < -0.4 is 5.32 Å². The SMILES string of the molecule is CCc1nn(C)cc1CNc1cc(C)ccc1C. The molecule has 0 fully saturated rings. The molecule has 1 heterocycles. The van der Waals surface area contributed by atoms with Gasteiger partial charge in [-0.25, -0.2) is 0 Å². The molecule has 0 aliphatic rings. The maximum atomic E-state index is 4.46. The number of nitrogens with zero attached hydrogens (tertiary/aromatic N) is 2. The maximum absolute atomic E-state index is 4.46. The van der Waals surface area contributed by atoms with Crippen molar-refractivity contribution in [1.29, 1.82) is 0 Å². The third kappa shape index (κ3) is 2.73. The van der Waals surface area contributed by atoms with E-state index in [1.165, 1.54) is 28.1 Å². The van der Waals surface area contributed by atoms with Gasteiger partial charge in [-0.2, -0.15) is 5.10 Å². The predicted octanol–water partition coefficient (Wildman–Crippen LogP) is 3.21. The molecule has 0 unspecified atom stereocenters. The van der Waals surface area contributed by atoms with Gasteiger partial charge in [-0.1, -0.05) is 19.1 Å². The van der Waals surface area contributed by atoms with Crippen molar-refractivity contribution < 1.29 is 0 Å². The minimum atomic E-state index is 0.835. The number of hydrogen-bond acceptors (Lipinski definition) is 2. The molecule has 1 aromatic heterocycles. The van der Waals surface area contributed by atoms with Crippen LogP contribution in [0.3, 0.4) is 0 Å². The van der Waals surface area contributed by atoms with Crippen LogP contribution >= 0.6 is 0 Å². The molecule has 0 atom stereocenters. The van der Waals surface area contributed by atoms with Crippen molar-refractivity contribution in [2.24, 2.45) is 7.05 Å². The van der Waals surface area contributed by atoms with Crippen molar-refractivity contribution in [2.45, 2.75) is 33.7 Å². The number of hydrogen-bond donors (Lipinski definition) is 1. The quantitative estimate of drug-likeness (QED) is 0.893. The highest BCUT2D eigenvalue weighted by Gasteiger charge is 2.06. The molecule has 1 aromatic carbocycles. The molecule has 0 spiro atoms. The van der Waals surface area contributed by atoms with E-state index in [0.717, 1.165) is 13.0 Å². The normalized spacial score (nSPS) is 10.7. The summed E-state index contributed by atoms with van der Waals surface area (Å²) in [6, 6.07) is 6.49. The van der Waals surface area contributed by atoms with E-state index in [4.69, 9.17) is 0 Å². The smallest absolute Gasteiger partial charge is 0.0671 e. The first-order valence-corrected chi connectivity index (χ1v) is 6.42. The molecule has 3 nitrogen and oxygen atoms in total. The number of rotatable bonds is 4. The molecule has 3 heteroatoms. The van der Waals surface area contributed by atoms with Gasteiger partial charge in [0.25, 0.3) is 0 Å². The second kappa shape index (κ2) is 5.25. The molecule has 2 aromatic rings. The topological polar surface area (TPSA) is 29.9 Å². The van der Waals surface area contributed by atoms with E-state index in [-0.39, 0.29) is 0 Å². The maximum Gasteiger partial charge on any atom is 0.0671 e. The van der Waals surface area contributed by atoms with Gasteiger partial charge in [-0.3, -0.25) is 4.68 Å². The molecule has 2 rings (SSSR count). The van der Waals surface area contributed by atoms with E-state index < -0.39 is 0 Å². The summed E-state index contributed by atoms with van der Waals surface area (Å²) < 4.78 is 1.89. The Morgan fingerprint density at radius 1 is 1.28 bits per heavy atom. The zero-order valence-electron chi connectivity index (χ0n) is 11.6. The van der Waals surface area contributed by atoms with Gasteiger partial charge in [0.2, 0.25) is 0 Å². The lowest BCUT2D eigenvalue weighted by Gasteiger charge is -2.10. The first kappa shape index (κ1) is 12.7. The Morgan fingerprint density at radius 2 is 2.06 bits per heavy atom. The van der Waals surface area contributed by atoms with Crippen molar-refractivity contribution in [3.63, 3.8) is 0 Å². The van der Waals surface area contributed by atoms with Crippen molar-refractivity contribution >= 4 is 5.69 Å². The molecule has 0 radical (unpaired) electrons. The number of aromatic nitrogens is 2. The standard InChI is InChI=1S/C15H21N3/c1-5-14-13(10-18(4)17-14)9-16-15-8-11(2)6-7-12(15)3/h6-8,10,16H,5,9H2,1-4H3. The Labute approximate surface area is 109 Å². The highest BCUT2D eigenvalue weighted by molar-refractivity contribution is 5.52. The highest BCUT2D eigenvalue weighted by Crippen LogP contribution is 2.18. The summed E-state index contributed by atoms with van der Waals surface area (Å²) >= 11 is 0. The van der Waals surface area contributed by atoms with E-state index in [9.17, 15) is 0 Å². The molecule has 0 amide bonds. The Morgan fingerprint density at radius 3 is 2.78 bits per heavy atom. The van der Waals surface area contributed by atoms with Gasteiger partial charge in [0.1, 0.15) is 0 Å². The van der Waals surface area contributed by atoms with Crippen molar-refractivity contribution in [3.8, 4) is 0 Å². The summed E-state index contributed by atoms with van der Waals surface area (Å²) in [6.45, 7) is 7.23. The van der Waals surface area contributed by atoms with E-state index in [1.54, 1.807) is 0 Å². The van der Waals surface area contributed by atoms with Crippen LogP contribution in [0, 0.1) is 13.8 Å². The molecule has 0 saturated carbocycles. The minimum absolute atomic E-state index is 0.835. The Kier molecular flexibility index (Phi) is 3.70. The van der Waals surface area contributed by atoms with Crippen molar-refractivity contribution in [1.82, 2.24) is 9.78 Å². The Balaban J connectivity index is 2.13. The average molecular weight is 243 g/mol. The van der Waals surface area contributed by atoms with Crippen LogP contribution in [0.25, 0.3) is 0 Å². The average Bonchev–Trinajstić information content (AvgIpc) is 2.71. The largest absolute Gasteiger partial charge is 0.381 e. The lowest BCUT2D eigenvalue weighted by molar-refractivity contribution is 0.746. The Hall–Kier alpha value is -1.77. The van der Waals surface area contributed by atoms with Crippen molar-refractivity contribution in [2.75, 3.05) is 5.32 Å². The molecular formula is C15H21N3. The summed E-state index contributed by atoms with van der Waals surface area (Å²) in [5, 5.41) is 7.96. The zero-order valence-corrected chi connectivity index (χ0v) is 11.6. The third-order valence-corrected chi connectivity index (χ3v) is 3.19. The third-order valence-electron chi connectivity index (χ3n) is 3.19. The molecular weight excluding hydrogens is 222 g/mol. The summed E-state index contributed by atoms with van der Waals surface area (Å²) in [6.07, 6.45) is 3.07. The van der Waals surface area contributed by atoms with Gasteiger partial charge < -0.3 is 5.32 Å². The lowest BCUT2D eigenvalue weighted by Crippen LogP contribution is -2.02. The van der Waals surface area contributed by atoms with Crippen LogP contribution in [0.2, 0.25) is 0 Å². The molecule has 0 saturated heterocycles. The fourth-order valence-electron chi connectivity index (χ4n) is 2.15. The van der Waals surface area contributed by atoms with Gasteiger partial charge >= 0.3 is 0 Å². The van der Waals surface area contributed by atoms with Gasteiger partial charge in [0.05, 0.1) is 5.69 Å². The summed E-state index contributed by atoms with van der Waals surface area (Å²) in [5.74, 6) is 0. The first-order chi connectivity index (χ1) is 8.60. The van der Waals surface area contributed by atoms with Gasteiger partial charge in [-0.15, -0.1) is 0 Å². The van der Waals surface area contributed by atoms with Crippen LogP contribution in [0.1, 0.15) is 29.3 Å². The van der Waals surface area contributed by atoms with E-state index in [2.05, 4.69) is 55.6 Å². The van der Waals surface area contributed by atoms with E-state index in [1.807, 2.05) is 11.7 Å². The first-order valence-electron chi connectivity index (χ1n) is 6.42. The monoisotopic (exact) mass is 243 g/mol. The number of anilines is 1. The minimum Gasteiger partial charge on any atom is -0.381 e. The van der Waals surface area contributed by atoms with Crippen LogP contribution in [-0.2, 0) is 20.0 Å². The van der Waals surface area contributed by atoms with E-state index in [0.29, 0.717) is 0 Å². The molecule has 1 N–H and O–H groups in total. The lowest BCUT2D eigenvalue weighted by atomic mass is 10.1. The van der Waals surface area contributed by atoms with Gasteiger partial charge in [0.15, 0.2) is 0 Å². The summed E-state index contributed by atoms with van der Waals surface area (Å²) in [7, 11) is 1.97. The fourth-order valence-corrected chi connectivity index (χ4v) is 2.15. The van der Waals surface area contributed by atoms with Crippen LogP contribution in [0.5, 0.6) is 0 Å². The second-order valence-corrected chi connectivity index (χ2v) is 4.80. The van der Waals surface area contributed by atoms with Crippen LogP contribution in [0.4, 0.5) is 5.69 Å². The molecule has 0 aliphatic carbocycles. The van der Waals surface area contributed by atoms with Gasteiger partial charge in [-0.05, 0) is 37.5 Å². The molecule has 18 heavy (non-hydrogen) atoms. The zero-order chi connectivity index (χ0) is 13.1. The summed E-state index contributed by atoms with van der Waals surface area (Å²) in [5.41, 5.74) is 6.23. The number of aryl methyl sites for hydroxylation is 4. The number of nitrogens with one attached hydrogen (secondary N) is 1. The van der Waals surface area contributed by atoms with E-state index >= 15 is 0 Å². The predicted molar refractivity (Wildman–Crippen MR) is 75.8 cm³/mol. The van der Waals surface area contributed by atoms with Crippen LogP contribution in [-0.4, -0.2) is 9.78 Å². The fraction of sp³-hybridized carbons (Fsp3) is 0.400. The van der Waals surface area contributed by atoms with Crippen molar-refractivity contribution in [3.05, 3.63) is 46.8 Å². The number of benzene rings is 1. The Bertz CT molecular complexity index is 541. The molecule has 96 valence electrons. The highest BCUT2D eigenvalue weighted by atomic mass is 15.3. The molecule has 0 aliphatic heterocycles. The van der Waals surface area contributed by atoms with Gasteiger partial charge in [0, 0.05) is 31.0 Å². The summed E-state index contributed by atoms with van der Waals surface area (Å²) in [4.78, 5) is 0. The second-order valence-electron chi connectivity index (χ2n) is 4.80. The molecule has 0 bridgehead atoms.